The molecule has 0 saturated carbocycles. The number of rotatable bonds is 12. The number of methoxy groups -OCH3 is 1. The number of ether oxygens (including phenoxy) is 2. The number of amides is 3. The highest BCUT2D eigenvalue weighted by Crippen LogP contribution is 2.29. The fourth-order valence-electron chi connectivity index (χ4n) is 4.08. The Hall–Kier alpha value is -3.55. The molecule has 8 heteroatoms. The van der Waals surface area contributed by atoms with E-state index in [0.29, 0.717) is 18.0 Å². The Labute approximate surface area is 227 Å². The fraction of sp³-hybridized carbons (Fsp3) is 0.500. The zero-order valence-corrected chi connectivity index (χ0v) is 23.8. The molecule has 208 valence electrons. The number of benzene rings is 2. The van der Waals surface area contributed by atoms with E-state index in [1.54, 1.807) is 57.0 Å². The van der Waals surface area contributed by atoms with Gasteiger partial charge in [0.2, 0.25) is 5.91 Å². The van der Waals surface area contributed by atoms with Crippen LogP contribution in [0.15, 0.2) is 42.5 Å². The van der Waals surface area contributed by atoms with Gasteiger partial charge in [-0.3, -0.25) is 9.59 Å². The van der Waals surface area contributed by atoms with Crippen LogP contribution in [0.25, 0.3) is 0 Å². The predicted octanol–water partition coefficient (Wildman–Crippen LogP) is 5.93. The highest BCUT2D eigenvalue weighted by molar-refractivity contribution is 5.98. The lowest BCUT2D eigenvalue weighted by Gasteiger charge is -2.33. The van der Waals surface area contributed by atoms with Gasteiger partial charge in [0.1, 0.15) is 23.9 Å². The molecule has 0 aliphatic rings. The number of hydrogen-bond acceptors (Lipinski definition) is 5. The molecule has 2 aromatic rings. The van der Waals surface area contributed by atoms with Crippen molar-refractivity contribution in [2.45, 2.75) is 78.9 Å². The van der Waals surface area contributed by atoms with Crippen LogP contribution in [-0.2, 0) is 14.3 Å². The van der Waals surface area contributed by atoms with Crippen molar-refractivity contribution in [3.05, 3.63) is 59.2 Å². The quantitative estimate of drug-likeness (QED) is 0.335. The van der Waals surface area contributed by atoms with Crippen LogP contribution in [-0.4, -0.2) is 48.6 Å². The normalized spacial score (nSPS) is 11.9. The highest BCUT2D eigenvalue weighted by Gasteiger charge is 2.33. The Kier molecular flexibility index (Phi) is 11.6. The van der Waals surface area contributed by atoms with Crippen molar-refractivity contribution in [2.75, 3.05) is 25.5 Å². The molecule has 0 saturated heterocycles. The van der Waals surface area contributed by atoms with Crippen LogP contribution in [0.5, 0.6) is 5.75 Å². The van der Waals surface area contributed by atoms with Crippen molar-refractivity contribution in [3.63, 3.8) is 0 Å². The predicted molar refractivity (Wildman–Crippen MR) is 150 cm³/mol. The van der Waals surface area contributed by atoms with E-state index in [1.165, 1.54) is 0 Å². The maximum atomic E-state index is 13.8. The van der Waals surface area contributed by atoms with Crippen LogP contribution in [0, 0.1) is 13.8 Å². The second-order valence-electron chi connectivity index (χ2n) is 10.4. The van der Waals surface area contributed by atoms with E-state index < -0.39 is 17.7 Å². The third kappa shape index (κ3) is 9.39. The summed E-state index contributed by atoms with van der Waals surface area (Å²) in [5, 5.41) is 5.53. The van der Waals surface area contributed by atoms with Gasteiger partial charge in [-0.25, -0.2) is 4.79 Å². The minimum absolute atomic E-state index is 0.278. The second kappa shape index (κ2) is 14.4. The third-order valence-corrected chi connectivity index (χ3v) is 6.21. The smallest absolute Gasteiger partial charge is 0.408 e. The van der Waals surface area contributed by atoms with Gasteiger partial charge in [-0.2, -0.15) is 0 Å². The Morgan fingerprint density at radius 1 is 0.974 bits per heavy atom. The molecule has 8 nitrogen and oxygen atoms in total. The van der Waals surface area contributed by atoms with Crippen LogP contribution in [0.2, 0.25) is 0 Å². The van der Waals surface area contributed by atoms with Gasteiger partial charge in [0, 0.05) is 12.2 Å². The lowest BCUT2D eigenvalue weighted by molar-refractivity contribution is -0.138. The average molecular weight is 526 g/mol. The zero-order valence-electron chi connectivity index (χ0n) is 23.8. The molecular weight excluding hydrogens is 482 g/mol. The molecule has 0 radical (unpaired) electrons. The number of unbranched alkanes of at least 4 members (excludes halogenated alkanes) is 3. The maximum absolute atomic E-state index is 13.8. The molecule has 2 rings (SSSR count). The van der Waals surface area contributed by atoms with Crippen molar-refractivity contribution < 1.29 is 23.9 Å². The molecule has 3 amide bonds. The monoisotopic (exact) mass is 525 g/mol. The van der Waals surface area contributed by atoms with E-state index in [9.17, 15) is 14.4 Å². The van der Waals surface area contributed by atoms with Crippen molar-refractivity contribution in [2.24, 2.45) is 0 Å². The van der Waals surface area contributed by atoms with Gasteiger partial charge in [-0.05, 0) is 82.0 Å². The summed E-state index contributed by atoms with van der Waals surface area (Å²) in [4.78, 5) is 41.3. The summed E-state index contributed by atoms with van der Waals surface area (Å²) in [5.41, 5.74) is 2.62. The first-order valence-corrected chi connectivity index (χ1v) is 13.2. The first-order valence-electron chi connectivity index (χ1n) is 13.2. The number of alkyl carbamates (subject to hydrolysis) is 1. The molecule has 0 spiro atoms. The van der Waals surface area contributed by atoms with E-state index in [1.807, 2.05) is 32.0 Å². The van der Waals surface area contributed by atoms with Crippen molar-refractivity contribution in [1.82, 2.24) is 10.2 Å². The first kappa shape index (κ1) is 30.7. The van der Waals surface area contributed by atoms with Crippen molar-refractivity contribution in [1.29, 1.82) is 0 Å². The Morgan fingerprint density at radius 2 is 1.66 bits per heavy atom. The molecule has 0 fully saturated rings. The van der Waals surface area contributed by atoms with Crippen LogP contribution in [0.3, 0.4) is 0 Å². The number of carbonyl (C=O) groups is 3. The molecule has 2 N–H and O–H groups in total. The Bertz CT molecular complexity index is 1080. The van der Waals surface area contributed by atoms with Crippen LogP contribution >= 0.6 is 0 Å². The highest BCUT2D eigenvalue weighted by atomic mass is 16.6. The van der Waals surface area contributed by atoms with Gasteiger partial charge < -0.3 is 25.0 Å². The topological polar surface area (TPSA) is 97.0 Å². The standard InChI is InChI=1S/C30H43N3O5/c1-8-9-10-11-19-33(26(34)20-31-29(36)38-30(4,5)6)27(25-14-12-13-21(2)22(25)3)28(35)32-23-15-17-24(37-7)18-16-23/h12-18,27H,8-11,19-20H2,1-7H3,(H,31,36)(H,32,35). The molecule has 1 atom stereocenters. The molecule has 2 aromatic carbocycles. The molecule has 38 heavy (non-hydrogen) atoms. The van der Waals surface area contributed by atoms with E-state index in [4.69, 9.17) is 9.47 Å². The zero-order chi connectivity index (χ0) is 28.3. The Morgan fingerprint density at radius 3 is 2.26 bits per heavy atom. The molecule has 0 heterocycles. The van der Waals surface area contributed by atoms with Crippen LogP contribution in [0.1, 0.15) is 76.1 Å². The number of anilines is 1. The fourth-order valence-corrected chi connectivity index (χ4v) is 4.08. The lowest BCUT2D eigenvalue weighted by atomic mass is 9.95. The van der Waals surface area contributed by atoms with Crippen molar-refractivity contribution in [3.8, 4) is 5.75 Å². The molecule has 0 aliphatic carbocycles. The van der Waals surface area contributed by atoms with Crippen LogP contribution in [0.4, 0.5) is 10.5 Å². The molecule has 1 unspecified atom stereocenters. The number of nitrogens with one attached hydrogen (secondary N) is 2. The summed E-state index contributed by atoms with van der Waals surface area (Å²) in [7, 11) is 1.58. The summed E-state index contributed by atoms with van der Waals surface area (Å²) in [6.45, 7) is 11.4. The van der Waals surface area contributed by atoms with E-state index in [2.05, 4.69) is 17.6 Å². The summed E-state index contributed by atoms with van der Waals surface area (Å²) in [6.07, 6.45) is 3.07. The SMILES string of the molecule is CCCCCCN(C(=O)CNC(=O)OC(C)(C)C)C(C(=O)Nc1ccc(OC)cc1)c1cccc(C)c1C. The van der Waals surface area contributed by atoms with Gasteiger partial charge in [0.15, 0.2) is 0 Å². The second-order valence-corrected chi connectivity index (χ2v) is 10.4. The number of hydrogen-bond donors (Lipinski definition) is 2. The average Bonchev–Trinajstić information content (AvgIpc) is 2.86. The van der Waals surface area contributed by atoms with E-state index in [-0.39, 0.29) is 18.4 Å². The molecule has 0 aromatic heterocycles. The minimum Gasteiger partial charge on any atom is -0.497 e. The number of aryl methyl sites for hydroxylation is 1. The summed E-state index contributed by atoms with van der Waals surface area (Å²) in [6, 6.07) is 11.9. The minimum atomic E-state index is -0.883. The maximum Gasteiger partial charge on any atom is 0.408 e. The Balaban J connectivity index is 2.41. The summed E-state index contributed by atoms with van der Waals surface area (Å²) < 4.78 is 10.5. The summed E-state index contributed by atoms with van der Waals surface area (Å²) >= 11 is 0. The van der Waals surface area contributed by atoms with Gasteiger partial charge in [0.25, 0.3) is 5.91 Å². The van der Waals surface area contributed by atoms with Gasteiger partial charge in [-0.1, -0.05) is 44.4 Å². The largest absolute Gasteiger partial charge is 0.497 e. The third-order valence-electron chi connectivity index (χ3n) is 6.21. The number of nitrogens with zero attached hydrogens (tertiary/aromatic N) is 1. The van der Waals surface area contributed by atoms with Crippen LogP contribution < -0.4 is 15.4 Å². The van der Waals surface area contributed by atoms with Gasteiger partial charge >= 0.3 is 6.09 Å². The molecular formula is C30H43N3O5. The summed E-state index contributed by atoms with van der Waals surface area (Å²) in [5.74, 6) is -0.0110. The first-order chi connectivity index (χ1) is 18.0. The molecule has 0 aliphatic heterocycles. The number of carbonyl (C=O) groups excluding carboxylic acids is 3. The van der Waals surface area contributed by atoms with Crippen molar-refractivity contribution >= 4 is 23.6 Å². The lowest BCUT2D eigenvalue weighted by Crippen LogP contribution is -2.47. The van der Waals surface area contributed by atoms with E-state index in [0.717, 1.165) is 42.4 Å². The van der Waals surface area contributed by atoms with E-state index >= 15 is 0 Å². The van der Waals surface area contributed by atoms with Gasteiger partial charge in [0.05, 0.1) is 7.11 Å². The van der Waals surface area contributed by atoms with Gasteiger partial charge in [-0.15, -0.1) is 0 Å². The molecule has 0 bridgehead atoms.